The third-order valence-electron chi connectivity index (χ3n) is 3.60. The van der Waals surface area contributed by atoms with Crippen molar-refractivity contribution in [1.82, 2.24) is 0 Å². The van der Waals surface area contributed by atoms with Gasteiger partial charge in [0.2, 0.25) is 5.91 Å². The largest absolute Gasteiger partial charge is 0.409 e. The van der Waals surface area contributed by atoms with Gasteiger partial charge in [-0.2, -0.15) is 0 Å². The molecule has 0 unspecified atom stereocenters. The number of nitrogens with zero attached hydrogens (tertiary/aromatic N) is 1. The summed E-state index contributed by atoms with van der Waals surface area (Å²) in [5, 5.41) is 14.4. The highest BCUT2D eigenvalue weighted by atomic mass is 79.9. The number of anilines is 1. The average molecular weight is 344 g/mol. The highest BCUT2D eigenvalue weighted by Gasteiger charge is 2.52. The Labute approximate surface area is 124 Å². The van der Waals surface area contributed by atoms with Gasteiger partial charge in [-0.1, -0.05) is 12.1 Å². The fraction of sp³-hybridized carbons (Fsp3) is 0.385. The molecular weight excluding hydrogens is 329 g/mol. The molecule has 1 fully saturated rings. The zero-order valence-corrected chi connectivity index (χ0v) is 12.4. The molecule has 20 heavy (non-hydrogen) atoms. The summed E-state index contributed by atoms with van der Waals surface area (Å²) in [6.45, 7) is 1.98. The highest BCUT2D eigenvalue weighted by Crippen LogP contribution is 2.46. The van der Waals surface area contributed by atoms with Gasteiger partial charge in [0, 0.05) is 4.47 Å². The van der Waals surface area contributed by atoms with Gasteiger partial charge in [-0.05, 0) is 52.9 Å². The van der Waals surface area contributed by atoms with E-state index in [0.29, 0.717) is 28.9 Å². The number of amides is 1. The van der Waals surface area contributed by atoms with Crippen LogP contribution >= 0.6 is 15.9 Å². The Kier molecular flexibility index (Phi) is 3.99. The molecule has 0 aliphatic heterocycles. The molecule has 0 aromatic heterocycles. The van der Waals surface area contributed by atoms with E-state index in [1.54, 1.807) is 0 Å². The topological polar surface area (TPSA) is 87.7 Å². The summed E-state index contributed by atoms with van der Waals surface area (Å²) in [6, 6.07) is 4.00. The minimum absolute atomic E-state index is 0.111. The number of benzene rings is 1. The van der Waals surface area contributed by atoms with Crippen molar-refractivity contribution in [3.63, 3.8) is 0 Å². The van der Waals surface area contributed by atoms with Crippen molar-refractivity contribution in [2.24, 2.45) is 22.2 Å². The number of hydrogen-bond acceptors (Lipinski definition) is 3. The van der Waals surface area contributed by atoms with E-state index < -0.39 is 17.1 Å². The second-order valence-electron chi connectivity index (χ2n) is 5.16. The maximum absolute atomic E-state index is 13.2. The fourth-order valence-corrected chi connectivity index (χ4v) is 2.92. The molecule has 1 aromatic rings. The lowest BCUT2D eigenvalue weighted by Gasteiger charge is -2.43. The summed E-state index contributed by atoms with van der Waals surface area (Å²) in [5.41, 5.74) is 4.96. The second-order valence-corrected chi connectivity index (χ2v) is 6.01. The average Bonchev–Trinajstić information content (AvgIpc) is 2.38. The lowest BCUT2D eigenvalue weighted by atomic mass is 9.61. The van der Waals surface area contributed by atoms with Crippen LogP contribution in [0, 0.1) is 17.2 Å². The molecule has 1 saturated carbocycles. The first kappa shape index (κ1) is 14.8. The minimum Gasteiger partial charge on any atom is -0.409 e. The van der Waals surface area contributed by atoms with E-state index in [4.69, 9.17) is 10.9 Å². The number of carbonyl (C=O) groups is 1. The smallest absolute Gasteiger partial charge is 0.238 e. The van der Waals surface area contributed by atoms with Gasteiger partial charge in [0.25, 0.3) is 0 Å². The molecule has 108 valence electrons. The number of nitrogens with two attached hydrogens (primary N) is 1. The van der Waals surface area contributed by atoms with E-state index in [9.17, 15) is 9.18 Å². The van der Waals surface area contributed by atoms with E-state index in [-0.39, 0.29) is 5.84 Å². The van der Waals surface area contributed by atoms with Crippen LogP contribution in [0.1, 0.15) is 19.8 Å². The van der Waals surface area contributed by atoms with Crippen molar-refractivity contribution in [3.05, 3.63) is 28.5 Å². The molecule has 0 atom stereocenters. The first-order valence-electron chi connectivity index (χ1n) is 6.13. The fourth-order valence-electron chi connectivity index (χ4n) is 2.57. The lowest BCUT2D eigenvalue weighted by Crippen LogP contribution is -2.54. The molecule has 1 amide bonds. The molecule has 7 heteroatoms. The molecule has 4 N–H and O–H groups in total. The Morgan fingerprint density at radius 3 is 2.80 bits per heavy atom. The number of nitrogens with one attached hydrogen (secondary N) is 1. The summed E-state index contributed by atoms with van der Waals surface area (Å²) >= 11 is 3.24. The Bertz CT molecular complexity index is 571. The standard InChI is InChI=1S/C13H15BrFN3O2/c1-7-5-13(6-7,11(16)18-20)12(19)17-10-4-8(15)2-3-9(10)14/h2-4,7,20H,5-6H2,1H3,(H2,16,18)(H,17,19). The third kappa shape index (κ3) is 2.49. The van der Waals surface area contributed by atoms with Gasteiger partial charge >= 0.3 is 0 Å². The summed E-state index contributed by atoms with van der Waals surface area (Å²) in [5.74, 6) is -0.641. The van der Waals surface area contributed by atoms with E-state index in [0.717, 1.165) is 0 Å². The van der Waals surface area contributed by atoms with Crippen molar-refractivity contribution in [1.29, 1.82) is 0 Å². The van der Waals surface area contributed by atoms with Crippen molar-refractivity contribution in [2.45, 2.75) is 19.8 Å². The molecule has 0 spiro atoms. The van der Waals surface area contributed by atoms with E-state index >= 15 is 0 Å². The maximum atomic E-state index is 13.2. The molecule has 1 aromatic carbocycles. The van der Waals surface area contributed by atoms with E-state index in [1.807, 2.05) is 6.92 Å². The quantitative estimate of drug-likeness (QED) is 0.341. The molecule has 0 heterocycles. The van der Waals surface area contributed by atoms with Crippen molar-refractivity contribution in [2.75, 3.05) is 5.32 Å². The van der Waals surface area contributed by atoms with Crippen molar-refractivity contribution < 1.29 is 14.4 Å². The van der Waals surface area contributed by atoms with Gasteiger partial charge in [-0.25, -0.2) is 4.39 Å². The van der Waals surface area contributed by atoms with E-state index in [1.165, 1.54) is 18.2 Å². The zero-order chi connectivity index (χ0) is 14.9. The van der Waals surface area contributed by atoms with Crippen LogP contribution in [0.2, 0.25) is 0 Å². The van der Waals surface area contributed by atoms with Gasteiger partial charge in [0.05, 0.1) is 5.69 Å². The molecule has 0 saturated heterocycles. The summed E-state index contributed by atoms with van der Waals surface area (Å²) in [6.07, 6.45) is 1.00. The summed E-state index contributed by atoms with van der Waals surface area (Å²) in [4.78, 5) is 12.4. The number of hydrogen-bond donors (Lipinski definition) is 3. The van der Waals surface area contributed by atoms with Crippen LogP contribution in [0.3, 0.4) is 0 Å². The number of oxime groups is 1. The van der Waals surface area contributed by atoms with Gasteiger partial charge in [-0.3, -0.25) is 4.79 Å². The molecule has 2 rings (SSSR count). The van der Waals surface area contributed by atoms with Crippen LogP contribution in [0.15, 0.2) is 27.8 Å². The first-order valence-corrected chi connectivity index (χ1v) is 6.93. The first-order chi connectivity index (χ1) is 9.39. The predicted octanol–water partition coefficient (Wildman–Crippen LogP) is 2.69. The number of rotatable bonds is 3. The monoisotopic (exact) mass is 343 g/mol. The van der Waals surface area contributed by atoms with Crippen LogP contribution in [0.25, 0.3) is 0 Å². The Morgan fingerprint density at radius 1 is 1.60 bits per heavy atom. The van der Waals surface area contributed by atoms with Gasteiger partial charge in [0.15, 0.2) is 5.84 Å². The molecular formula is C13H15BrFN3O2. The molecule has 0 radical (unpaired) electrons. The van der Waals surface area contributed by atoms with Crippen LogP contribution in [0.4, 0.5) is 10.1 Å². The zero-order valence-electron chi connectivity index (χ0n) is 10.9. The summed E-state index contributed by atoms with van der Waals surface area (Å²) < 4.78 is 13.8. The Balaban J connectivity index is 2.24. The highest BCUT2D eigenvalue weighted by molar-refractivity contribution is 9.10. The number of amidine groups is 1. The number of carbonyl (C=O) groups excluding carboxylic acids is 1. The predicted molar refractivity (Wildman–Crippen MR) is 77.0 cm³/mol. The molecule has 1 aliphatic carbocycles. The van der Waals surface area contributed by atoms with Crippen LogP contribution in [0.5, 0.6) is 0 Å². The SMILES string of the molecule is CC1CC(C(=O)Nc2cc(F)ccc2Br)(/C(N)=N/O)C1. The third-order valence-corrected chi connectivity index (χ3v) is 4.29. The van der Waals surface area contributed by atoms with Gasteiger partial charge in [-0.15, -0.1) is 0 Å². The minimum atomic E-state index is -1.01. The lowest BCUT2D eigenvalue weighted by molar-refractivity contribution is -0.127. The second kappa shape index (κ2) is 5.40. The maximum Gasteiger partial charge on any atom is 0.238 e. The molecule has 5 nitrogen and oxygen atoms in total. The normalized spacial score (nSPS) is 25.9. The van der Waals surface area contributed by atoms with E-state index in [2.05, 4.69) is 26.4 Å². The Hall–Kier alpha value is -1.63. The molecule has 0 bridgehead atoms. The van der Waals surface area contributed by atoms with Gasteiger partial charge < -0.3 is 16.3 Å². The van der Waals surface area contributed by atoms with Crippen LogP contribution in [-0.4, -0.2) is 17.0 Å². The molecule has 1 aliphatic rings. The van der Waals surface area contributed by atoms with Gasteiger partial charge in [0.1, 0.15) is 11.2 Å². The van der Waals surface area contributed by atoms with Crippen LogP contribution < -0.4 is 11.1 Å². The van der Waals surface area contributed by atoms with Crippen molar-refractivity contribution in [3.8, 4) is 0 Å². The Morgan fingerprint density at radius 2 is 2.25 bits per heavy atom. The van der Waals surface area contributed by atoms with Crippen molar-refractivity contribution >= 4 is 33.4 Å². The summed E-state index contributed by atoms with van der Waals surface area (Å²) in [7, 11) is 0. The van der Waals surface area contributed by atoms with Crippen LogP contribution in [-0.2, 0) is 4.79 Å². The number of halogens is 2.